The number of carbonyl (C=O) groups excluding carboxylic acids is 1. The number of aliphatic hydroxyl groups excluding tert-OH is 3. The first kappa shape index (κ1) is 46.4. The van der Waals surface area contributed by atoms with Gasteiger partial charge in [0.25, 0.3) is 13.6 Å². The number of cyclic esters (lactones) is 1. The molecular weight excluding hydrogens is 529 g/mol. The molecule has 0 saturated carbocycles. The molecular formula is C6H11Na4O17P3. The summed E-state index contributed by atoms with van der Waals surface area (Å²) in [4.78, 5) is 53.7. The minimum Gasteiger partial charge on any atom is -0.790 e. The SMILES string of the molecule is O.O.O=C1O[C@H]([C@@H](O)CO)C(O)=C1OP(=O)([O-])OP(=O)([O-])OP(=O)([O-])[O-].[Na+].[Na+].[Na+].[Na+]. The van der Waals surface area contributed by atoms with Crippen LogP contribution in [0.2, 0.25) is 0 Å². The number of aliphatic hydroxyl groups is 3. The molecule has 0 bridgehead atoms. The van der Waals surface area contributed by atoms with Gasteiger partial charge in [0, 0.05) is 0 Å². The van der Waals surface area contributed by atoms with Crippen LogP contribution in [-0.2, 0) is 36.4 Å². The minimum absolute atomic E-state index is 0. The maximum atomic E-state index is 11.3. The summed E-state index contributed by atoms with van der Waals surface area (Å²) < 4.78 is 46.4. The van der Waals surface area contributed by atoms with Crippen LogP contribution in [-0.4, -0.2) is 51.1 Å². The van der Waals surface area contributed by atoms with Crippen LogP contribution in [0.3, 0.4) is 0 Å². The van der Waals surface area contributed by atoms with Crippen LogP contribution in [0.15, 0.2) is 11.5 Å². The van der Waals surface area contributed by atoms with Crippen LogP contribution < -0.4 is 138 Å². The Morgan fingerprint density at radius 3 is 1.77 bits per heavy atom. The molecule has 7 N–H and O–H groups in total. The fourth-order valence-electron chi connectivity index (χ4n) is 1.29. The van der Waals surface area contributed by atoms with Crippen molar-refractivity contribution in [3.63, 3.8) is 0 Å². The predicted molar refractivity (Wildman–Crippen MR) is 65.9 cm³/mol. The number of rotatable bonds is 8. The molecule has 0 aromatic heterocycles. The van der Waals surface area contributed by atoms with Crippen LogP contribution >= 0.6 is 23.5 Å². The van der Waals surface area contributed by atoms with Crippen molar-refractivity contribution in [2.45, 2.75) is 12.2 Å². The molecule has 30 heavy (non-hydrogen) atoms. The molecule has 1 aliphatic heterocycles. The largest absolute Gasteiger partial charge is 1.00 e. The molecule has 0 amide bonds. The number of esters is 1. The molecule has 2 unspecified atom stereocenters. The summed E-state index contributed by atoms with van der Waals surface area (Å²) in [5.41, 5.74) is 0. The summed E-state index contributed by atoms with van der Waals surface area (Å²) in [5, 5.41) is 27.3. The van der Waals surface area contributed by atoms with E-state index in [1.54, 1.807) is 0 Å². The Hall–Kier alpha value is 3.10. The summed E-state index contributed by atoms with van der Waals surface area (Å²) in [6, 6.07) is 0. The van der Waals surface area contributed by atoms with Crippen LogP contribution in [0.1, 0.15) is 0 Å². The Balaban J connectivity index is -0.000000240. The van der Waals surface area contributed by atoms with Gasteiger partial charge in [0.1, 0.15) is 6.10 Å². The molecule has 4 atom stereocenters. The van der Waals surface area contributed by atoms with Crippen molar-refractivity contribution in [1.29, 1.82) is 0 Å². The average Bonchev–Trinajstić information content (AvgIpc) is 2.61. The van der Waals surface area contributed by atoms with E-state index in [0.29, 0.717) is 0 Å². The summed E-state index contributed by atoms with van der Waals surface area (Å²) in [6.45, 7) is -1.02. The summed E-state index contributed by atoms with van der Waals surface area (Å²) >= 11 is 0. The van der Waals surface area contributed by atoms with Crippen LogP contribution in [0.5, 0.6) is 0 Å². The zero-order valence-electron chi connectivity index (χ0n) is 15.9. The van der Waals surface area contributed by atoms with Gasteiger partial charge >= 0.3 is 132 Å². The Morgan fingerprint density at radius 2 is 1.40 bits per heavy atom. The second kappa shape index (κ2) is 18.4. The third-order valence-electron chi connectivity index (χ3n) is 2.06. The van der Waals surface area contributed by atoms with Gasteiger partial charge in [0.05, 0.1) is 14.4 Å². The van der Waals surface area contributed by atoms with Crippen molar-refractivity contribution in [3.8, 4) is 0 Å². The second-order valence-electron chi connectivity index (χ2n) is 3.89. The van der Waals surface area contributed by atoms with Gasteiger partial charge in [-0.05, 0) is 0 Å². The molecule has 0 saturated heterocycles. The van der Waals surface area contributed by atoms with Gasteiger partial charge in [-0.25, -0.2) is 9.11 Å². The van der Waals surface area contributed by atoms with Gasteiger partial charge in [-0.1, -0.05) is 0 Å². The van der Waals surface area contributed by atoms with E-state index in [4.69, 9.17) is 5.11 Å². The summed E-state index contributed by atoms with van der Waals surface area (Å²) in [5.74, 6) is -4.55. The molecule has 1 heterocycles. The molecule has 0 aliphatic carbocycles. The average molecular weight is 540 g/mol. The van der Waals surface area contributed by atoms with E-state index >= 15 is 0 Å². The summed E-state index contributed by atoms with van der Waals surface area (Å²) in [6.07, 6.45) is -3.79. The fourth-order valence-corrected chi connectivity index (χ4v) is 4.16. The minimum atomic E-state index is -6.26. The molecule has 0 fully saturated rings. The van der Waals surface area contributed by atoms with Crippen molar-refractivity contribution in [1.82, 2.24) is 0 Å². The molecule has 17 nitrogen and oxygen atoms in total. The van der Waals surface area contributed by atoms with E-state index < -0.39 is 59.8 Å². The van der Waals surface area contributed by atoms with Crippen molar-refractivity contribution < 1.29 is 200 Å². The summed E-state index contributed by atoms with van der Waals surface area (Å²) in [7, 11) is -18.5. The van der Waals surface area contributed by atoms with E-state index in [1.165, 1.54) is 0 Å². The standard InChI is InChI=1S/C6H11O15P3.4Na.2H2O/c7-1-2(8)4-3(9)5(6(10)18-4)19-23(14,15)21-24(16,17)20-22(11,12)13;;;;;;/h2,4,7-9H,1H2,(H,14,15)(H,16,17)(H2,11,12,13);;;;;2*1H2/q;4*+1;;/p-4/t2-,4+;;;;;;/m0....../s1. The topological polar surface area (TPSA) is 321 Å². The molecule has 0 aromatic rings. The Labute approximate surface area is 256 Å². The van der Waals surface area contributed by atoms with Crippen LogP contribution in [0, 0.1) is 0 Å². The third-order valence-corrected chi connectivity index (χ3v) is 5.67. The quantitative estimate of drug-likeness (QED) is 0.146. The fraction of sp³-hybridized carbons (Fsp3) is 0.500. The number of phosphoric ester groups is 1. The van der Waals surface area contributed by atoms with Crippen molar-refractivity contribution in [2.24, 2.45) is 0 Å². The monoisotopic (exact) mass is 540 g/mol. The molecule has 24 heteroatoms. The predicted octanol–water partition coefficient (Wildman–Crippen LogP) is -17.8. The van der Waals surface area contributed by atoms with Gasteiger partial charge < -0.3 is 59.7 Å². The van der Waals surface area contributed by atoms with E-state index in [-0.39, 0.29) is 129 Å². The first-order valence-corrected chi connectivity index (χ1v) is 9.75. The maximum absolute atomic E-state index is 11.3. The van der Waals surface area contributed by atoms with Gasteiger partial charge in [-0.2, -0.15) is 0 Å². The molecule has 1 rings (SSSR count). The van der Waals surface area contributed by atoms with Crippen molar-refractivity contribution >= 4 is 29.4 Å². The van der Waals surface area contributed by atoms with Gasteiger partial charge in [0.15, 0.2) is 11.9 Å². The zero-order valence-corrected chi connectivity index (χ0v) is 26.6. The first-order valence-electron chi connectivity index (χ1n) is 5.37. The number of phosphoric acid groups is 3. The van der Waals surface area contributed by atoms with Crippen molar-refractivity contribution in [2.75, 3.05) is 6.61 Å². The van der Waals surface area contributed by atoms with E-state index in [9.17, 15) is 48.3 Å². The molecule has 0 radical (unpaired) electrons. The van der Waals surface area contributed by atoms with E-state index in [2.05, 4.69) is 17.9 Å². The smallest absolute Gasteiger partial charge is 0.790 e. The molecule has 1 aliphatic rings. The molecule has 0 spiro atoms. The van der Waals surface area contributed by atoms with Gasteiger partial charge in [-0.3, -0.25) is 13.4 Å². The zero-order chi connectivity index (χ0) is 18.9. The Kier molecular flexibility index (Phi) is 28.5. The Morgan fingerprint density at radius 1 is 0.967 bits per heavy atom. The van der Waals surface area contributed by atoms with E-state index in [0.717, 1.165) is 0 Å². The molecule has 156 valence electrons. The Bertz CT molecular complexity index is 693. The van der Waals surface area contributed by atoms with Crippen molar-refractivity contribution in [3.05, 3.63) is 11.5 Å². The number of hydrogen-bond donors (Lipinski definition) is 3. The van der Waals surface area contributed by atoms with Crippen LogP contribution in [0.4, 0.5) is 0 Å². The van der Waals surface area contributed by atoms with E-state index in [1.807, 2.05) is 0 Å². The number of ether oxygens (including phenoxy) is 1. The van der Waals surface area contributed by atoms with Gasteiger partial charge in [-0.15, -0.1) is 0 Å². The van der Waals surface area contributed by atoms with Gasteiger partial charge in [0.2, 0.25) is 0 Å². The maximum Gasteiger partial charge on any atom is 1.00 e. The number of hydrogen-bond acceptors (Lipinski definition) is 15. The number of carbonyl (C=O) groups is 1. The third kappa shape index (κ3) is 15.9. The van der Waals surface area contributed by atoms with Crippen LogP contribution in [0.25, 0.3) is 0 Å². The first-order chi connectivity index (χ1) is 10.7. The molecule has 0 aromatic carbocycles. The second-order valence-corrected chi connectivity index (χ2v) is 8.06. The normalized spacial score (nSPS) is 19.9.